The molecule has 3 rings (SSSR count). The van der Waals surface area contributed by atoms with Crippen molar-refractivity contribution in [2.45, 2.75) is 4.90 Å². The van der Waals surface area contributed by atoms with E-state index < -0.39 is 15.9 Å². The summed E-state index contributed by atoms with van der Waals surface area (Å²) in [6.07, 6.45) is 1.45. The average Bonchev–Trinajstić information content (AvgIpc) is 2.82. The topological polar surface area (TPSA) is 99.5 Å². The van der Waals surface area contributed by atoms with Crippen molar-refractivity contribution in [3.8, 4) is 11.8 Å². The number of halogens is 1. The number of rotatable bonds is 8. The number of ether oxygens (including phenoxy) is 1. The third kappa shape index (κ3) is 5.17. The summed E-state index contributed by atoms with van der Waals surface area (Å²) >= 11 is 6.21. The van der Waals surface area contributed by atoms with Gasteiger partial charge >= 0.3 is 0 Å². The minimum atomic E-state index is -4.10. The molecule has 7 nitrogen and oxygen atoms in total. The lowest BCUT2D eigenvalue weighted by molar-refractivity contribution is 0.102. The fourth-order valence-electron chi connectivity index (χ4n) is 3.11. The first kappa shape index (κ1) is 23.9. The quantitative estimate of drug-likeness (QED) is 0.463. The lowest BCUT2D eigenvalue weighted by Gasteiger charge is -2.25. The first-order chi connectivity index (χ1) is 15.8. The molecule has 0 aliphatic carbocycles. The molecule has 3 aromatic rings. The standard InChI is InChI=1S/C24H20ClN3O4S/c1-3-13-28(22-9-4-5-10-23(22)32-2)33(30,31)19-11-12-21(25)20(15-19)24(29)27-18-8-6-7-17(14-18)16-26/h3-12,14-15H,1,13H2,2H3,(H,27,29). The summed E-state index contributed by atoms with van der Waals surface area (Å²) in [5.41, 5.74) is 1.05. The van der Waals surface area contributed by atoms with Crippen LogP contribution in [0.25, 0.3) is 0 Å². The van der Waals surface area contributed by atoms with Gasteiger partial charge < -0.3 is 10.1 Å². The van der Waals surface area contributed by atoms with Crippen LogP contribution in [0.15, 0.2) is 84.3 Å². The van der Waals surface area contributed by atoms with Crippen molar-refractivity contribution in [2.24, 2.45) is 0 Å². The zero-order chi connectivity index (χ0) is 24.0. The molecule has 0 aliphatic rings. The van der Waals surface area contributed by atoms with Crippen LogP contribution in [0.3, 0.4) is 0 Å². The molecule has 0 saturated carbocycles. The van der Waals surface area contributed by atoms with E-state index in [0.717, 1.165) is 4.31 Å². The third-order valence-electron chi connectivity index (χ3n) is 4.67. The van der Waals surface area contributed by atoms with Gasteiger partial charge in [0.05, 0.1) is 46.5 Å². The maximum absolute atomic E-state index is 13.5. The second-order valence-electron chi connectivity index (χ2n) is 6.79. The zero-order valence-electron chi connectivity index (χ0n) is 17.7. The molecular formula is C24H20ClN3O4S. The maximum atomic E-state index is 13.5. The molecule has 0 heterocycles. The summed E-state index contributed by atoms with van der Waals surface area (Å²) in [6.45, 7) is 3.63. The van der Waals surface area contributed by atoms with E-state index in [1.165, 1.54) is 37.5 Å². The predicted molar refractivity (Wildman–Crippen MR) is 128 cm³/mol. The van der Waals surface area contributed by atoms with Crippen LogP contribution in [-0.4, -0.2) is 28.0 Å². The fraction of sp³-hybridized carbons (Fsp3) is 0.0833. The molecule has 9 heteroatoms. The van der Waals surface area contributed by atoms with E-state index in [2.05, 4.69) is 11.9 Å². The molecule has 0 spiro atoms. The minimum Gasteiger partial charge on any atom is -0.495 e. The molecule has 1 amide bonds. The van der Waals surface area contributed by atoms with Gasteiger partial charge in [-0.15, -0.1) is 6.58 Å². The van der Waals surface area contributed by atoms with Crippen LogP contribution in [0.1, 0.15) is 15.9 Å². The molecule has 0 aliphatic heterocycles. The SMILES string of the molecule is C=CCN(c1ccccc1OC)S(=O)(=O)c1ccc(Cl)c(C(=O)Nc2cccc(C#N)c2)c1. The van der Waals surface area contributed by atoms with Crippen LogP contribution in [0.5, 0.6) is 5.75 Å². The Bertz CT molecular complexity index is 1350. The highest BCUT2D eigenvalue weighted by molar-refractivity contribution is 7.92. The number of hydrogen-bond acceptors (Lipinski definition) is 5. The Morgan fingerprint density at radius 1 is 1.18 bits per heavy atom. The van der Waals surface area contributed by atoms with Gasteiger partial charge in [0.1, 0.15) is 5.75 Å². The van der Waals surface area contributed by atoms with Gasteiger partial charge in [0.25, 0.3) is 15.9 Å². The number of anilines is 2. The van der Waals surface area contributed by atoms with Gasteiger partial charge in [0.2, 0.25) is 0 Å². The van der Waals surface area contributed by atoms with Crippen LogP contribution in [-0.2, 0) is 10.0 Å². The largest absolute Gasteiger partial charge is 0.495 e. The number of methoxy groups -OCH3 is 1. The van der Waals surface area contributed by atoms with E-state index in [4.69, 9.17) is 21.6 Å². The van der Waals surface area contributed by atoms with Gasteiger partial charge in [0.15, 0.2) is 0 Å². The molecule has 33 heavy (non-hydrogen) atoms. The lowest BCUT2D eigenvalue weighted by atomic mass is 10.2. The number of carbonyl (C=O) groups excluding carboxylic acids is 1. The number of nitrogens with zero attached hydrogens (tertiary/aromatic N) is 2. The number of hydrogen-bond donors (Lipinski definition) is 1. The van der Waals surface area contributed by atoms with E-state index in [-0.39, 0.29) is 22.0 Å². The Balaban J connectivity index is 2.01. The summed E-state index contributed by atoms with van der Waals surface area (Å²) in [5, 5.41) is 11.8. The molecule has 0 bridgehead atoms. The molecule has 0 atom stereocenters. The van der Waals surface area contributed by atoms with Crippen molar-refractivity contribution in [2.75, 3.05) is 23.3 Å². The fourth-order valence-corrected chi connectivity index (χ4v) is 4.79. The van der Waals surface area contributed by atoms with E-state index in [1.54, 1.807) is 42.5 Å². The normalized spacial score (nSPS) is 10.7. The zero-order valence-corrected chi connectivity index (χ0v) is 19.2. The van der Waals surface area contributed by atoms with Crippen molar-refractivity contribution < 1.29 is 17.9 Å². The molecule has 0 unspecified atom stereocenters. The van der Waals surface area contributed by atoms with E-state index in [0.29, 0.717) is 22.7 Å². The highest BCUT2D eigenvalue weighted by Gasteiger charge is 2.28. The van der Waals surface area contributed by atoms with E-state index >= 15 is 0 Å². The Kier molecular flexibility index (Phi) is 7.38. The van der Waals surface area contributed by atoms with Crippen LogP contribution in [0, 0.1) is 11.3 Å². The van der Waals surface area contributed by atoms with Crippen molar-refractivity contribution in [1.82, 2.24) is 0 Å². The minimum absolute atomic E-state index is 0.0200. The number of para-hydroxylation sites is 2. The summed E-state index contributed by atoms with van der Waals surface area (Å²) < 4.78 is 33.5. The molecular weight excluding hydrogens is 462 g/mol. The van der Waals surface area contributed by atoms with Gasteiger partial charge in [-0.3, -0.25) is 9.10 Å². The molecule has 0 fully saturated rings. The first-order valence-corrected chi connectivity index (χ1v) is 11.5. The highest BCUT2D eigenvalue weighted by Crippen LogP contribution is 2.33. The van der Waals surface area contributed by atoms with Crippen molar-refractivity contribution in [1.29, 1.82) is 5.26 Å². The van der Waals surface area contributed by atoms with Gasteiger partial charge in [-0.2, -0.15) is 5.26 Å². The monoisotopic (exact) mass is 481 g/mol. The second kappa shape index (κ2) is 10.2. The van der Waals surface area contributed by atoms with E-state index in [9.17, 15) is 13.2 Å². The molecule has 0 radical (unpaired) electrons. The van der Waals surface area contributed by atoms with Gasteiger partial charge in [-0.25, -0.2) is 8.42 Å². The van der Waals surface area contributed by atoms with E-state index in [1.807, 2.05) is 6.07 Å². The van der Waals surface area contributed by atoms with Gasteiger partial charge in [-0.05, 0) is 48.5 Å². The molecule has 3 aromatic carbocycles. The third-order valence-corrected chi connectivity index (χ3v) is 6.77. The summed E-state index contributed by atoms with van der Waals surface area (Å²) in [7, 11) is -2.66. The van der Waals surface area contributed by atoms with Crippen LogP contribution < -0.4 is 14.4 Å². The van der Waals surface area contributed by atoms with Crippen LogP contribution in [0.2, 0.25) is 5.02 Å². The molecule has 0 saturated heterocycles. The predicted octanol–water partition coefficient (Wildman–Crippen LogP) is 4.85. The molecule has 1 N–H and O–H groups in total. The number of nitrogens with one attached hydrogen (secondary N) is 1. The number of benzene rings is 3. The Labute approximate surface area is 197 Å². The Morgan fingerprint density at radius 2 is 1.94 bits per heavy atom. The van der Waals surface area contributed by atoms with Gasteiger partial charge in [-0.1, -0.05) is 35.9 Å². The molecule has 168 valence electrons. The van der Waals surface area contributed by atoms with Crippen molar-refractivity contribution >= 4 is 38.9 Å². The van der Waals surface area contributed by atoms with Gasteiger partial charge in [0, 0.05) is 5.69 Å². The number of nitriles is 1. The smallest absolute Gasteiger partial charge is 0.264 e. The average molecular weight is 482 g/mol. The van der Waals surface area contributed by atoms with Crippen LogP contribution in [0.4, 0.5) is 11.4 Å². The number of amides is 1. The van der Waals surface area contributed by atoms with Crippen molar-refractivity contribution in [3.05, 3.63) is 95.5 Å². The maximum Gasteiger partial charge on any atom is 0.264 e. The molecule has 0 aromatic heterocycles. The highest BCUT2D eigenvalue weighted by atomic mass is 35.5. The summed E-state index contributed by atoms with van der Waals surface area (Å²) in [6, 6.07) is 18.9. The number of sulfonamides is 1. The second-order valence-corrected chi connectivity index (χ2v) is 9.05. The summed E-state index contributed by atoms with van der Waals surface area (Å²) in [4.78, 5) is 12.7. The number of carbonyl (C=O) groups is 1. The van der Waals surface area contributed by atoms with Crippen LogP contribution >= 0.6 is 11.6 Å². The Morgan fingerprint density at radius 3 is 2.64 bits per heavy atom. The first-order valence-electron chi connectivity index (χ1n) is 9.69. The summed E-state index contributed by atoms with van der Waals surface area (Å²) in [5.74, 6) is -0.244. The Hall–Kier alpha value is -3.80. The lowest BCUT2D eigenvalue weighted by Crippen LogP contribution is -2.31. The van der Waals surface area contributed by atoms with Crippen molar-refractivity contribution in [3.63, 3.8) is 0 Å².